The SMILES string of the molecule is CCCCOP(NC(=O)OCCCC(=O)O)OCCCC(=O)O. The highest BCUT2D eigenvalue weighted by Gasteiger charge is 2.16. The summed E-state index contributed by atoms with van der Waals surface area (Å²) in [4.78, 5) is 32.3. The number of nitrogens with one attached hydrogen (secondary N) is 1. The molecule has 0 radical (unpaired) electrons. The van der Waals surface area contributed by atoms with Gasteiger partial charge in [-0.15, -0.1) is 0 Å². The summed E-state index contributed by atoms with van der Waals surface area (Å²) in [7, 11) is -1.71. The van der Waals surface area contributed by atoms with Crippen LogP contribution in [0.25, 0.3) is 0 Å². The molecule has 0 aromatic heterocycles. The Balaban J connectivity index is 4.03. The van der Waals surface area contributed by atoms with Gasteiger partial charge in [-0.2, -0.15) is 0 Å². The fourth-order valence-corrected chi connectivity index (χ4v) is 2.27. The van der Waals surface area contributed by atoms with Gasteiger partial charge < -0.3 is 24.0 Å². The summed E-state index contributed by atoms with van der Waals surface area (Å²) in [5.74, 6) is -1.88. The summed E-state index contributed by atoms with van der Waals surface area (Å²) in [5.41, 5.74) is 0. The van der Waals surface area contributed by atoms with Crippen molar-refractivity contribution in [1.82, 2.24) is 5.09 Å². The third-order valence-corrected chi connectivity index (χ3v) is 3.60. The molecule has 0 spiro atoms. The topological polar surface area (TPSA) is 131 Å². The van der Waals surface area contributed by atoms with E-state index in [4.69, 9.17) is 24.0 Å². The van der Waals surface area contributed by atoms with Gasteiger partial charge in [0.1, 0.15) is 0 Å². The third-order valence-electron chi connectivity index (χ3n) is 2.40. The zero-order valence-corrected chi connectivity index (χ0v) is 14.0. The Morgan fingerprint density at radius 3 is 1.96 bits per heavy atom. The van der Waals surface area contributed by atoms with E-state index in [-0.39, 0.29) is 32.5 Å². The van der Waals surface area contributed by atoms with Gasteiger partial charge in [-0.25, -0.2) is 4.79 Å². The summed E-state index contributed by atoms with van der Waals surface area (Å²) < 4.78 is 15.5. The lowest BCUT2D eigenvalue weighted by Gasteiger charge is -2.17. The number of carboxylic acid groups (broad SMARTS) is 2. The Labute approximate surface area is 136 Å². The number of unbranched alkanes of at least 4 members (excludes halogenated alkanes) is 1. The first-order valence-electron chi connectivity index (χ1n) is 7.38. The van der Waals surface area contributed by atoms with Crippen molar-refractivity contribution in [1.29, 1.82) is 0 Å². The fraction of sp³-hybridized carbons (Fsp3) is 0.769. The van der Waals surface area contributed by atoms with Crippen molar-refractivity contribution in [2.24, 2.45) is 0 Å². The molecule has 0 saturated heterocycles. The molecule has 0 rings (SSSR count). The average molecular weight is 353 g/mol. The van der Waals surface area contributed by atoms with Crippen LogP contribution in [0.5, 0.6) is 0 Å². The van der Waals surface area contributed by atoms with Crippen molar-refractivity contribution in [3.8, 4) is 0 Å². The Kier molecular flexibility index (Phi) is 13.3. The van der Waals surface area contributed by atoms with Crippen molar-refractivity contribution in [3.05, 3.63) is 0 Å². The molecule has 23 heavy (non-hydrogen) atoms. The van der Waals surface area contributed by atoms with Crippen LogP contribution in [-0.4, -0.2) is 48.1 Å². The first-order chi connectivity index (χ1) is 11.0. The van der Waals surface area contributed by atoms with E-state index in [0.717, 1.165) is 12.8 Å². The Morgan fingerprint density at radius 1 is 0.913 bits per heavy atom. The zero-order valence-electron chi connectivity index (χ0n) is 13.2. The van der Waals surface area contributed by atoms with E-state index < -0.39 is 26.6 Å². The molecule has 0 aliphatic rings. The van der Waals surface area contributed by atoms with Gasteiger partial charge in [-0.3, -0.25) is 14.7 Å². The predicted molar refractivity (Wildman–Crippen MR) is 82.0 cm³/mol. The quantitative estimate of drug-likeness (QED) is 0.321. The largest absolute Gasteiger partial charge is 0.481 e. The number of amides is 1. The van der Waals surface area contributed by atoms with Crippen molar-refractivity contribution in [2.45, 2.75) is 45.4 Å². The molecule has 1 amide bonds. The minimum absolute atomic E-state index is 0.0186. The molecular formula is C13H24NO8P. The maximum absolute atomic E-state index is 11.6. The van der Waals surface area contributed by atoms with E-state index in [9.17, 15) is 14.4 Å². The Bertz CT molecular complexity index is 366. The van der Waals surface area contributed by atoms with Crippen molar-refractivity contribution in [3.63, 3.8) is 0 Å². The monoisotopic (exact) mass is 353 g/mol. The highest BCUT2D eigenvalue weighted by molar-refractivity contribution is 7.45. The predicted octanol–water partition coefficient (Wildman–Crippen LogP) is 2.50. The molecule has 1 atom stereocenters. The number of carbonyl (C=O) groups is 3. The summed E-state index contributed by atoms with van der Waals surface area (Å²) in [6.07, 6.45) is 1.38. The number of hydrogen-bond donors (Lipinski definition) is 3. The number of ether oxygens (including phenoxy) is 1. The molecule has 3 N–H and O–H groups in total. The smallest absolute Gasteiger partial charge is 0.413 e. The number of carboxylic acids is 2. The third kappa shape index (κ3) is 15.2. The van der Waals surface area contributed by atoms with Crippen molar-refractivity contribution < 1.29 is 38.4 Å². The second kappa shape index (κ2) is 14.2. The van der Waals surface area contributed by atoms with E-state index in [0.29, 0.717) is 13.0 Å². The molecule has 0 fully saturated rings. The van der Waals surface area contributed by atoms with E-state index in [1.165, 1.54) is 0 Å². The first-order valence-corrected chi connectivity index (χ1v) is 8.56. The average Bonchev–Trinajstić information content (AvgIpc) is 2.47. The molecule has 0 aliphatic carbocycles. The molecule has 0 aliphatic heterocycles. The van der Waals surface area contributed by atoms with Crippen LogP contribution < -0.4 is 5.09 Å². The molecule has 9 nitrogen and oxygen atoms in total. The van der Waals surface area contributed by atoms with Gasteiger partial charge in [0.15, 0.2) is 0 Å². The molecule has 0 aromatic carbocycles. The molecule has 0 aromatic rings. The van der Waals surface area contributed by atoms with Gasteiger partial charge in [-0.1, -0.05) is 13.3 Å². The van der Waals surface area contributed by atoms with Gasteiger partial charge >= 0.3 is 18.0 Å². The Hall–Kier alpha value is -1.44. The summed E-state index contributed by atoms with van der Waals surface area (Å²) in [5, 5.41) is 19.4. The molecule has 0 heterocycles. The highest BCUT2D eigenvalue weighted by atomic mass is 31.2. The number of hydrogen-bond acceptors (Lipinski definition) is 6. The maximum atomic E-state index is 11.6. The van der Waals surface area contributed by atoms with Gasteiger partial charge in [0.25, 0.3) is 8.53 Å². The summed E-state index contributed by atoms with van der Waals surface area (Å²) in [6, 6.07) is 0. The molecule has 10 heteroatoms. The Morgan fingerprint density at radius 2 is 1.43 bits per heavy atom. The zero-order chi connectivity index (χ0) is 17.5. The van der Waals surface area contributed by atoms with Crippen LogP contribution in [0.4, 0.5) is 4.79 Å². The molecule has 0 saturated carbocycles. The highest BCUT2D eigenvalue weighted by Crippen LogP contribution is 2.34. The van der Waals surface area contributed by atoms with Gasteiger partial charge in [-0.05, 0) is 19.3 Å². The second-order valence-electron chi connectivity index (χ2n) is 4.52. The van der Waals surface area contributed by atoms with Crippen LogP contribution in [0, 0.1) is 0 Å². The van der Waals surface area contributed by atoms with Crippen molar-refractivity contribution >= 4 is 26.6 Å². The standard InChI is InChI=1S/C13H24NO8P/c1-2-3-9-21-23(22-10-5-7-12(17)18)14-13(19)20-8-4-6-11(15)16/h2-10H2,1H3,(H,14,19)(H,15,16)(H,17,18). The van der Waals surface area contributed by atoms with E-state index in [2.05, 4.69) is 5.09 Å². The maximum Gasteiger partial charge on any atom is 0.413 e. The van der Waals surface area contributed by atoms with Crippen LogP contribution in [0.15, 0.2) is 0 Å². The lowest BCUT2D eigenvalue weighted by atomic mass is 10.3. The summed E-state index contributed by atoms with van der Waals surface area (Å²) in [6.45, 7) is 2.52. The number of aliphatic carboxylic acids is 2. The normalized spacial score (nSPS) is 11.7. The van der Waals surface area contributed by atoms with Crippen LogP contribution >= 0.6 is 8.53 Å². The van der Waals surface area contributed by atoms with Crippen LogP contribution in [0.3, 0.4) is 0 Å². The van der Waals surface area contributed by atoms with E-state index >= 15 is 0 Å². The fourth-order valence-electron chi connectivity index (χ4n) is 1.26. The number of rotatable bonds is 14. The van der Waals surface area contributed by atoms with Crippen LogP contribution in [0.2, 0.25) is 0 Å². The van der Waals surface area contributed by atoms with Crippen molar-refractivity contribution in [2.75, 3.05) is 19.8 Å². The van der Waals surface area contributed by atoms with Crippen LogP contribution in [-0.2, 0) is 23.4 Å². The lowest BCUT2D eigenvalue weighted by molar-refractivity contribution is -0.138. The van der Waals surface area contributed by atoms with Gasteiger partial charge in [0.05, 0.1) is 19.8 Å². The molecular weight excluding hydrogens is 329 g/mol. The first kappa shape index (κ1) is 21.6. The summed E-state index contributed by atoms with van der Waals surface area (Å²) >= 11 is 0. The second-order valence-corrected chi connectivity index (χ2v) is 5.77. The molecule has 134 valence electrons. The number of carbonyl (C=O) groups excluding carboxylic acids is 1. The lowest BCUT2D eigenvalue weighted by Crippen LogP contribution is -2.22. The van der Waals surface area contributed by atoms with Gasteiger partial charge in [0, 0.05) is 12.8 Å². The minimum atomic E-state index is -1.71. The molecule has 1 unspecified atom stereocenters. The van der Waals surface area contributed by atoms with E-state index in [1.54, 1.807) is 0 Å². The minimum Gasteiger partial charge on any atom is -0.481 e. The van der Waals surface area contributed by atoms with Gasteiger partial charge in [0.2, 0.25) is 0 Å². The van der Waals surface area contributed by atoms with E-state index in [1.807, 2.05) is 6.92 Å². The van der Waals surface area contributed by atoms with Crippen LogP contribution in [0.1, 0.15) is 45.4 Å². The molecule has 0 bridgehead atoms.